The van der Waals surface area contributed by atoms with Crippen LogP contribution in [-0.4, -0.2) is 24.5 Å². The molecule has 4 nitrogen and oxygen atoms in total. The Balaban J connectivity index is 2.60. The van der Waals surface area contributed by atoms with Crippen LogP contribution in [0.25, 0.3) is 0 Å². The lowest BCUT2D eigenvalue weighted by Gasteiger charge is -2.05. The molecule has 0 saturated heterocycles. The predicted molar refractivity (Wildman–Crippen MR) is 67.6 cm³/mol. The number of hydrogen-bond donors (Lipinski definition) is 3. The summed E-state index contributed by atoms with van der Waals surface area (Å²) in [7, 11) is 1.56. The van der Waals surface area contributed by atoms with Gasteiger partial charge in [0.2, 0.25) is 5.91 Å². The molecule has 0 bridgehead atoms. The number of amidine groups is 1. The third kappa shape index (κ3) is 4.07. The summed E-state index contributed by atoms with van der Waals surface area (Å²) in [4.78, 5) is 11.0. The number of hydrogen-bond acceptors (Lipinski definition) is 3. The van der Waals surface area contributed by atoms with Gasteiger partial charge in [0.25, 0.3) is 0 Å². The summed E-state index contributed by atoms with van der Waals surface area (Å²) in [6.07, 6.45) is 0. The van der Waals surface area contributed by atoms with Crippen LogP contribution in [0.1, 0.15) is 11.1 Å². The largest absolute Gasteiger partial charge is 0.384 e. The van der Waals surface area contributed by atoms with Gasteiger partial charge in [-0.25, -0.2) is 4.39 Å². The molecular weight excluding hydrogens is 241 g/mol. The zero-order valence-corrected chi connectivity index (χ0v) is 10.2. The van der Waals surface area contributed by atoms with E-state index >= 15 is 0 Å². The third-order valence-corrected chi connectivity index (χ3v) is 3.12. The summed E-state index contributed by atoms with van der Waals surface area (Å²) in [5.74, 6) is 0.0632. The van der Waals surface area contributed by atoms with E-state index in [0.717, 1.165) is 0 Å². The number of nitrogens with two attached hydrogens (primary N) is 1. The molecule has 0 radical (unpaired) electrons. The lowest BCUT2D eigenvalue weighted by molar-refractivity contribution is -0.118. The van der Waals surface area contributed by atoms with E-state index in [1.54, 1.807) is 19.2 Å². The zero-order chi connectivity index (χ0) is 12.8. The van der Waals surface area contributed by atoms with Crippen LogP contribution >= 0.6 is 11.8 Å². The normalized spacial score (nSPS) is 10.0. The number of thioether (sulfide) groups is 1. The first-order valence-electron chi connectivity index (χ1n) is 4.95. The number of carbonyl (C=O) groups is 1. The lowest BCUT2D eigenvalue weighted by Crippen LogP contribution is -2.19. The molecule has 1 aromatic carbocycles. The molecule has 1 amide bonds. The van der Waals surface area contributed by atoms with Crippen molar-refractivity contribution in [2.75, 3.05) is 12.8 Å². The second-order valence-electron chi connectivity index (χ2n) is 3.39. The Kier molecular flexibility index (Phi) is 4.96. The van der Waals surface area contributed by atoms with Gasteiger partial charge in [-0.05, 0) is 11.6 Å². The van der Waals surface area contributed by atoms with Crippen LogP contribution in [0.3, 0.4) is 0 Å². The molecule has 17 heavy (non-hydrogen) atoms. The summed E-state index contributed by atoms with van der Waals surface area (Å²) in [5, 5.41) is 9.67. The van der Waals surface area contributed by atoms with Crippen LogP contribution in [-0.2, 0) is 10.5 Å². The fourth-order valence-corrected chi connectivity index (χ4v) is 2.04. The van der Waals surface area contributed by atoms with Gasteiger partial charge in [-0.2, -0.15) is 0 Å². The molecule has 4 N–H and O–H groups in total. The quantitative estimate of drug-likeness (QED) is 0.544. The molecule has 0 spiro atoms. The van der Waals surface area contributed by atoms with E-state index in [1.807, 2.05) is 0 Å². The fraction of sp³-hybridized carbons (Fsp3) is 0.273. The van der Waals surface area contributed by atoms with Gasteiger partial charge in [0.05, 0.1) is 5.75 Å². The molecular formula is C11H14FN3OS. The molecule has 0 aliphatic rings. The zero-order valence-electron chi connectivity index (χ0n) is 9.42. The summed E-state index contributed by atoms with van der Waals surface area (Å²) in [6.45, 7) is 0. The summed E-state index contributed by atoms with van der Waals surface area (Å²) < 4.78 is 13.6. The van der Waals surface area contributed by atoms with Crippen molar-refractivity contribution in [3.8, 4) is 0 Å². The van der Waals surface area contributed by atoms with Crippen molar-refractivity contribution in [3.63, 3.8) is 0 Å². The second-order valence-corrected chi connectivity index (χ2v) is 4.37. The van der Waals surface area contributed by atoms with E-state index in [1.165, 1.54) is 17.8 Å². The molecule has 0 aromatic heterocycles. The minimum Gasteiger partial charge on any atom is -0.384 e. The minimum atomic E-state index is -0.401. The van der Waals surface area contributed by atoms with Gasteiger partial charge in [-0.3, -0.25) is 10.2 Å². The molecule has 1 rings (SSSR count). The Morgan fingerprint density at radius 2 is 2.29 bits per heavy atom. The highest BCUT2D eigenvalue weighted by Gasteiger charge is 2.06. The average molecular weight is 255 g/mol. The maximum Gasteiger partial charge on any atom is 0.229 e. The monoisotopic (exact) mass is 255 g/mol. The number of halogens is 1. The van der Waals surface area contributed by atoms with E-state index < -0.39 is 5.82 Å². The highest BCUT2D eigenvalue weighted by atomic mass is 32.2. The first kappa shape index (κ1) is 13.5. The maximum atomic E-state index is 13.6. The van der Waals surface area contributed by atoms with E-state index in [-0.39, 0.29) is 11.7 Å². The standard InChI is InChI=1S/C11H14FN3OS/c1-15-10(16)6-17-5-8-3-2-7(11(13)14)4-9(8)12/h2-4H,5-6H2,1H3,(H3,13,14)(H,15,16). The number of benzene rings is 1. The second kappa shape index (κ2) is 6.24. The van der Waals surface area contributed by atoms with Crippen molar-refractivity contribution < 1.29 is 9.18 Å². The van der Waals surface area contributed by atoms with E-state index in [4.69, 9.17) is 11.1 Å². The highest BCUT2D eigenvalue weighted by Crippen LogP contribution is 2.16. The molecule has 0 saturated carbocycles. The van der Waals surface area contributed by atoms with Crippen LogP contribution in [0.15, 0.2) is 18.2 Å². The van der Waals surface area contributed by atoms with Crippen LogP contribution in [0, 0.1) is 11.2 Å². The number of carbonyl (C=O) groups excluding carboxylic acids is 1. The number of amides is 1. The van der Waals surface area contributed by atoms with Crippen molar-refractivity contribution >= 4 is 23.5 Å². The Labute approximate surface area is 103 Å². The van der Waals surface area contributed by atoms with Gasteiger partial charge in [-0.15, -0.1) is 11.8 Å². The van der Waals surface area contributed by atoms with Gasteiger partial charge < -0.3 is 11.1 Å². The highest BCUT2D eigenvalue weighted by molar-refractivity contribution is 7.99. The van der Waals surface area contributed by atoms with Crippen LogP contribution in [0.5, 0.6) is 0 Å². The summed E-state index contributed by atoms with van der Waals surface area (Å²) >= 11 is 1.33. The van der Waals surface area contributed by atoms with Crippen molar-refractivity contribution in [2.45, 2.75) is 5.75 Å². The van der Waals surface area contributed by atoms with Gasteiger partial charge in [0.1, 0.15) is 11.7 Å². The van der Waals surface area contributed by atoms with Crippen molar-refractivity contribution in [1.82, 2.24) is 5.32 Å². The molecule has 0 atom stereocenters. The molecule has 1 aromatic rings. The Morgan fingerprint density at radius 3 is 2.82 bits per heavy atom. The number of rotatable bonds is 5. The minimum absolute atomic E-state index is 0.0873. The number of nitrogen functional groups attached to an aromatic ring is 1. The average Bonchev–Trinajstić information content (AvgIpc) is 2.30. The topological polar surface area (TPSA) is 79.0 Å². The Hall–Kier alpha value is -1.56. The first-order valence-corrected chi connectivity index (χ1v) is 6.11. The molecule has 92 valence electrons. The molecule has 0 unspecified atom stereocenters. The van der Waals surface area contributed by atoms with Gasteiger partial charge in [-0.1, -0.05) is 12.1 Å². The van der Waals surface area contributed by atoms with E-state index in [0.29, 0.717) is 22.6 Å². The van der Waals surface area contributed by atoms with Crippen LogP contribution in [0.4, 0.5) is 4.39 Å². The Bertz CT molecular complexity index is 437. The molecule has 6 heteroatoms. The maximum absolute atomic E-state index is 13.6. The van der Waals surface area contributed by atoms with Crippen molar-refractivity contribution in [1.29, 1.82) is 5.41 Å². The third-order valence-electron chi connectivity index (χ3n) is 2.13. The lowest BCUT2D eigenvalue weighted by atomic mass is 10.1. The predicted octanol–water partition coefficient (Wildman–Crippen LogP) is 1.09. The van der Waals surface area contributed by atoms with Crippen LogP contribution < -0.4 is 11.1 Å². The molecule has 0 aliphatic heterocycles. The molecule has 0 heterocycles. The SMILES string of the molecule is CNC(=O)CSCc1ccc(C(=N)N)cc1F. The summed E-state index contributed by atoms with van der Waals surface area (Å²) in [6, 6.07) is 4.42. The van der Waals surface area contributed by atoms with Gasteiger partial charge >= 0.3 is 0 Å². The van der Waals surface area contributed by atoms with Crippen molar-refractivity contribution in [2.24, 2.45) is 5.73 Å². The molecule has 0 aliphatic carbocycles. The van der Waals surface area contributed by atoms with E-state index in [2.05, 4.69) is 5.32 Å². The Morgan fingerprint density at radius 1 is 1.59 bits per heavy atom. The van der Waals surface area contributed by atoms with Crippen molar-refractivity contribution in [3.05, 3.63) is 35.1 Å². The first-order chi connectivity index (χ1) is 8.04. The van der Waals surface area contributed by atoms with Gasteiger partial charge in [0, 0.05) is 18.4 Å². The van der Waals surface area contributed by atoms with Crippen LogP contribution in [0.2, 0.25) is 0 Å². The fourth-order valence-electron chi connectivity index (χ4n) is 1.16. The number of nitrogens with one attached hydrogen (secondary N) is 2. The smallest absolute Gasteiger partial charge is 0.229 e. The summed E-state index contributed by atoms with van der Waals surface area (Å²) in [5.41, 5.74) is 6.12. The van der Waals surface area contributed by atoms with E-state index in [9.17, 15) is 9.18 Å². The van der Waals surface area contributed by atoms with Gasteiger partial charge in [0.15, 0.2) is 0 Å². The molecule has 0 fully saturated rings.